The van der Waals surface area contributed by atoms with E-state index in [1.54, 1.807) is 20.9 Å². The molecule has 7 heteroatoms. The molecule has 0 saturated heterocycles. The Labute approximate surface area is 99.6 Å². The van der Waals surface area contributed by atoms with Crippen LogP contribution in [0.15, 0.2) is 0 Å². The zero-order valence-corrected chi connectivity index (χ0v) is 10.5. The van der Waals surface area contributed by atoms with E-state index in [0.717, 1.165) is 0 Å². The number of anilines is 1. The highest BCUT2D eigenvalue weighted by Crippen LogP contribution is 2.30. The third-order valence-electron chi connectivity index (χ3n) is 2.92. The van der Waals surface area contributed by atoms with Gasteiger partial charge in [-0.2, -0.15) is 5.10 Å². The molecule has 1 unspecified atom stereocenters. The first-order valence-electron chi connectivity index (χ1n) is 5.41. The second kappa shape index (κ2) is 4.70. The molecule has 0 amide bonds. The van der Waals surface area contributed by atoms with Crippen LogP contribution in [0.25, 0.3) is 0 Å². The summed E-state index contributed by atoms with van der Waals surface area (Å²) in [5.74, 6) is 0.325. The van der Waals surface area contributed by atoms with Crippen molar-refractivity contribution in [2.75, 3.05) is 11.9 Å². The number of aromatic nitrogens is 2. The SMILES string of the molecule is CCC(C)(CO)Nc1c([N+](=O)[O-])c(C)nn1C. The van der Waals surface area contributed by atoms with E-state index in [1.807, 2.05) is 6.92 Å². The number of aliphatic hydroxyl groups excluding tert-OH is 1. The molecule has 1 atom stereocenters. The molecule has 0 saturated carbocycles. The Kier molecular flexibility index (Phi) is 3.72. The molecule has 0 aliphatic carbocycles. The Morgan fingerprint density at radius 1 is 1.65 bits per heavy atom. The summed E-state index contributed by atoms with van der Waals surface area (Å²) in [6.45, 7) is 5.19. The van der Waals surface area contributed by atoms with Crippen LogP contribution in [0.5, 0.6) is 0 Å². The molecule has 1 aromatic rings. The van der Waals surface area contributed by atoms with Gasteiger partial charge in [0.1, 0.15) is 5.69 Å². The predicted molar refractivity (Wildman–Crippen MR) is 64.0 cm³/mol. The minimum atomic E-state index is -0.592. The van der Waals surface area contributed by atoms with Gasteiger partial charge < -0.3 is 10.4 Å². The van der Waals surface area contributed by atoms with Crippen LogP contribution in [0.3, 0.4) is 0 Å². The Bertz CT molecular complexity index is 423. The van der Waals surface area contributed by atoms with Gasteiger partial charge in [-0.3, -0.25) is 10.1 Å². The average molecular weight is 242 g/mol. The summed E-state index contributed by atoms with van der Waals surface area (Å²) in [7, 11) is 1.63. The number of nitrogens with zero attached hydrogens (tertiary/aromatic N) is 3. The van der Waals surface area contributed by atoms with E-state index >= 15 is 0 Å². The lowest BCUT2D eigenvalue weighted by Crippen LogP contribution is -2.38. The molecule has 1 heterocycles. The first kappa shape index (κ1) is 13.4. The van der Waals surface area contributed by atoms with Gasteiger partial charge in [0.05, 0.1) is 17.1 Å². The minimum absolute atomic E-state index is 0.0411. The van der Waals surface area contributed by atoms with Crippen molar-refractivity contribution in [3.8, 4) is 0 Å². The van der Waals surface area contributed by atoms with Gasteiger partial charge in [-0.15, -0.1) is 0 Å². The number of aryl methyl sites for hydroxylation is 2. The van der Waals surface area contributed by atoms with Crippen LogP contribution in [0.2, 0.25) is 0 Å². The smallest absolute Gasteiger partial charge is 0.333 e. The molecule has 1 aromatic heterocycles. The van der Waals surface area contributed by atoms with Crippen molar-refractivity contribution in [3.63, 3.8) is 0 Å². The molecule has 0 bridgehead atoms. The summed E-state index contributed by atoms with van der Waals surface area (Å²) >= 11 is 0. The Morgan fingerprint density at radius 3 is 2.65 bits per heavy atom. The summed E-state index contributed by atoms with van der Waals surface area (Å²) in [5.41, 5.74) is -0.276. The van der Waals surface area contributed by atoms with E-state index in [2.05, 4.69) is 10.4 Å². The fraction of sp³-hybridized carbons (Fsp3) is 0.700. The molecule has 7 nitrogen and oxygen atoms in total. The number of aliphatic hydroxyl groups is 1. The average Bonchev–Trinajstić information content (AvgIpc) is 2.53. The number of hydrogen-bond donors (Lipinski definition) is 2. The molecule has 0 aliphatic rings. The van der Waals surface area contributed by atoms with Crippen molar-refractivity contribution in [3.05, 3.63) is 15.8 Å². The van der Waals surface area contributed by atoms with E-state index in [9.17, 15) is 15.2 Å². The van der Waals surface area contributed by atoms with E-state index in [-0.39, 0.29) is 12.3 Å². The van der Waals surface area contributed by atoms with Crippen molar-refractivity contribution in [2.45, 2.75) is 32.7 Å². The van der Waals surface area contributed by atoms with Crippen LogP contribution in [-0.2, 0) is 7.05 Å². The fourth-order valence-corrected chi connectivity index (χ4v) is 1.53. The second-order valence-electron chi connectivity index (χ2n) is 4.36. The van der Waals surface area contributed by atoms with Crippen molar-refractivity contribution in [2.24, 2.45) is 7.05 Å². The maximum atomic E-state index is 11.0. The van der Waals surface area contributed by atoms with Crippen molar-refractivity contribution in [1.29, 1.82) is 0 Å². The van der Waals surface area contributed by atoms with Crippen LogP contribution >= 0.6 is 0 Å². The van der Waals surface area contributed by atoms with Crippen LogP contribution in [-0.4, -0.2) is 32.0 Å². The van der Waals surface area contributed by atoms with Gasteiger partial charge in [0.15, 0.2) is 0 Å². The Balaban J connectivity index is 3.18. The normalized spacial score (nSPS) is 14.4. The fourth-order valence-electron chi connectivity index (χ4n) is 1.53. The molecule has 0 aliphatic heterocycles. The molecule has 0 spiro atoms. The highest BCUT2D eigenvalue weighted by molar-refractivity contribution is 5.60. The standard InChI is InChI=1S/C10H18N4O3/c1-5-10(3,6-15)11-9-8(14(16)17)7(2)12-13(9)4/h11,15H,5-6H2,1-4H3. The molecule has 1 rings (SSSR count). The lowest BCUT2D eigenvalue weighted by molar-refractivity contribution is -0.384. The van der Waals surface area contributed by atoms with Crippen LogP contribution in [0, 0.1) is 17.0 Å². The Hall–Kier alpha value is -1.63. The van der Waals surface area contributed by atoms with Gasteiger partial charge in [0, 0.05) is 7.05 Å². The predicted octanol–water partition coefficient (Wildman–Crippen LogP) is 1.21. The maximum Gasteiger partial charge on any atom is 0.333 e. The summed E-state index contributed by atoms with van der Waals surface area (Å²) in [4.78, 5) is 10.5. The lowest BCUT2D eigenvalue weighted by atomic mass is 10.0. The third kappa shape index (κ3) is 2.55. The van der Waals surface area contributed by atoms with Crippen LogP contribution in [0.4, 0.5) is 11.5 Å². The van der Waals surface area contributed by atoms with Gasteiger partial charge in [-0.1, -0.05) is 6.92 Å². The highest BCUT2D eigenvalue weighted by Gasteiger charge is 2.30. The van der Waals surface area contributed by atoms with Gasteiger partial charge in [-0.05, 0) is 20.3 Å². The van der Waals surface area contributed by atoms with Gasteiger partial charge in [0.2, 0.25) is 5.82 Å². The number of hydrogen-bond acceptors (Lipinski definition) is 5. The van der Waals surface area contributed by atoms with E-state index in [0.29, 0.717) is 17.9 Å². The molecule has 0 radical (unpaired) electrons. The topological polar surface area (TPSA) is 93.2 Å². The highest BCUT2D eigenvalue weighted by atomic mass is 16.6. The van der Waals surface area contributed by atoms with Crippen molar-refractivity contribution < 1.29 is 10.0 Å². The maximum absolute atomic E-state index is 11.0. The largest absolute Gasteiger partial charge is 0.394 e. The van der Waals surface area contributed by atoms with Crippen LogP contribution < -0.4 is 5.32 Å². The van der Waals surface area contributed by atoms with E-state index in [1.165, 1.54) is 4.68 Å². The molecule has 2 N–H and O–H groups in total. The zero-order chi connectivity index (χ0) is 13.2. The monoisotopic (exact) mass is 242 g/mol. The number of nitro groups is 1. The van der Waals surface area contributed by atoms with Gasteiger partial charge in [0.25, 0.3) is 0 Å². The molecular weight excluding hydrogens is 224 g/mol. The van der Waals surface area contributed by atoms with Gasteiger partial charge >= 0.3 is 5.69 Å². The van der Waals surface area contributed by atoms with Crippen molar-refractivity contribution >= 4 is 11.5 Å². The van der Waals surface area contributed by atoms with Crippen LogP contribution in [0.1, 0.15) is 26.0 Å². The summed E-state index contributed by atoms with van der Waals surface area (Å²) in [6, 6.07) is 0. The van der Waals surface area contributed by atoms with Crippen molar-refractivity contribution in [1.82, 2.24) is 9.78 Å². The summed E-state index contributed by atoms with van der Waals surface area (Å²) in [6.07, 6.45) is 0.644. The second-order valence-corrected chi connectivity index (χ2v) is 4.36. The quantitative estimate of drug-likeness (QED) is 0.598. The third-order valence-corrected chi connectivity index (χ3v) is 2.92. The first-order chi connectivity index (χ1) is 7.84. The number of rotatable bonds is 5. The Morgan fingerprint density at radius 2 is 2.24 bits per heavy atom. The molecular formula is C10H18N4O3. The van der Waals surface area contributed by atoms with E-state index in [4.69, 9.17) is 0 Å². The minimum Gasteiger partial charge on any atom is -0.394 e. The molecule has 0 fully saturated rings. The van der Waals surface area contributed by atoms with E-state index < -0.39 is 10.5 Å². The summed E-state index contributed by atoms with van der Waals surface area (Å²) in [5, 5.41) is 27.3. The molecule has 17 heavy (non-hydrogen) atoms. The number of nitrogens with one attached hydrogen (secondary N) is 1. The summed E-state index contributed by atoms with van der Waals surface area (Å²) < 4.78 is 1.43. The van der Waals surface area contributed by atoms with Gasteiger partial charge in [-0.25, -0.2) is 4.68 Å². The lowest BCUT2D eigenvalue weighted by Gasteiger charge is -2.27. The zero-order valence-electron chi connectivity index (χ0n) is 10.5. The first-order valence-corrected chi connectivity index (χ1v) is 5.41. The molecule has 96 valence electrons. The molecule has 0 aromatic carbocycles.